The van der Waals surface area contributed by atoms with Crippen molar-refractivity contribution in [3.63, 3.8) is 0 Å². The Labute approximate surface area is 211 Å². The minimum absolute atomic E-state index is 0.102. The summed E-state index contributed by atoms with van der Waals surface area (Å²) in [5, 5.41) is 24.5. The zero-order chi connectivity index (χ0) is 25.5. The molecule has 3 heterocycles. The molecule has 36 heavy (non-hydrogen) atoms. The highest BCUT2D eigenvalue weighted by Gasteiger charge is 2.18. The number of hydrogen-bond acceptors (Lipinski definition) is 9. The van der Waals surface area contributed by atoms with Gasteiger partial charge in [-0.05, 0) is 37.8 Å². The minimum Gasteiger partial charge on any atom is -0.492 e. The number of unbranched alkanes of at least 4 members (excludes halogenated alkanes) is 1. The molecular weight excluding hydrogens is 462 g/mol. The predicted octanol–water partition coefficient (Wildman–Crippen LogP) is 1.62. The van der Waals surface area contributed by atoms with E-state index in [9.17, 15) is 9.90 Å². The smallest absolute Gasteiger partial charge is 0.249 e. The van der Waals surface area contributed by atoms with E-state index in [1.54, 1.807) is 0 Å². The summed E-state index contributed by atoms with van der Waals surface area (Å²) in [6.07, 6.45) is 0.629. The molecule has 1 amide bonds. The average molecular weight is 500 g/mol. The van der Waals surface area contributed by atoms with Gasteiger partial charge in [-0.15, -0.1) is 10.2 Å². The van der Waals surface area contributed by atoms with Crippen molar-refractivity contribution in [3.8, 4) is 5.75 Å². The molecule has 2 aromatic heterocycles. The molecule has 0 radical (unpaired) electrons. The first-order chi connectivity index (χ1) is 17.4. The summed E-state index contributed by atoms with van der Waals surface area (Å²) in [7, 11) is 0. The Morgan fingerprint density at radius 3 is 2.75 bits per heavy atom. The lowest BCUT2D eigenvalue weighted by Gasteiger charge is -2.26. The number of amides is 1. The van der Waals surface area contributed by atoms with Crippen molar-refractivity contribution in [3.05, 3.63) is 24.0 Å². The largest absolute Gasteiger partial charge is 0.492 e. The fraction of sp³-hybridized carbons (Fsp3) is 0.600. The van der Waals surface area contributed by atoms with Gasteiger partial charge in [0.05, 0.1) is 24.2 Å². The topological polar surface area (TPSA) is 126 Å². The summed E-state index contributed by atoms with van der Waals surface area (Å²) in [5.41, 5.74) is 2.39. The van der Waals surface area contributed by atoms with Gasteiger partial charge in [0.2, 0.25) is 11.6 Å². The second-order valence-corrected chi connectivity index (χ2v) is 9.43. The number of nitrogens with zero attached hydrogens (tertiary/aromatic N) is 5. The van der Waals surface area contributed by atoms with Crippen LogP contribution in [0.1, 0.15) is 32.5 Å². The first-order valence-corrected chi connectivity index (χ1v) is 12.7. The van der Waals surface area contributed by atoms with Crippen LogP contribution in [-0.2, 0) is 9.53 Å². The number of morpholine rings is 1. The van der Waals surface area contributed by atoms with Crippen LogP contribution in [0.4, 0.5) is 5.82 Å². The number of anilines is 1. The molecule has 11 heteroatoms. The monoisotopic (exact) mass is 499 g/mol. The number of aliphatic hydroxyl groups is 1. The highest BCUT2D eigenvalue weighted by Crippen LogP contribution is 2.25. The molecule has 0 spiro atoms. The fourth-order valence-corrected chi connectivity index (χ4v) is 4.16. The molecule has 3 N–H and O–H groups in total. The van der Waals surface area contributed by atoms with E-state index >= 15 is 0 Å². The molecule has 1 saturated heterocycles. The number of fused-ring (bicyclic) bond motifs is 3. The van der Waals surface area contributed by atoms with Crippen LogP contribution in [0.15, 0.2) is 18.2 Å². The lowest BCUT2D eigenvalue weighted by Crippen LogP contribution is -2.38. The van der Waals surface area contributed by atoms with Crippen molar-refractivity contribution in [1.82, 2.24) is 29.8 Å². The number of nitrogens with one attached hydrogen (secondary N) is 2. The Morgan fingerprint density at radius 2 is 1.97 bits per heavy atom. The third kappa shape index (κ3) is 6.40. The molecule has 3 aromatic rings. The van der Waals surface area contributed by atoms with E-state index in [0.29, 0.717) is 31.2 Å². The number of aromatic nitrogens is 4. The molecule has 1 atom stereocenters. The number of benzene rings is 1. The van der Waals surface area contributed by atoms with Gasteiger partial charge >= 0.3 is 0 Å². The number of rotatable bonds is 12. The van der Waals surface area contributed by atoms with E-state index < -0.39 is 6.10 Å². The second-order valence-electron chi connectivity index (χ2n) is 9.43. The van der Waals surface area contributed by atoms with Crippen molar-refractivity contribution in [1.29, 1.82) is 0 Å². The minimum atomic E-state index is -0.970. The molecule has 1 aliphatic rings. The van der Waals surface area contributed by atoms with Crippen LogP contribution in [0.2, 0.25) is 0 Å². The van der Waals surface area contributed by atoms with Crippen molar-refractivity contribution in [2.45, 2.75) is 39.7 Å². The molecule has 196 valence electrons. The van der Waals surface area contributed by atoms with Crippen LogP contribution in [0.25, 0.3) is 16.7 Å². The van der Waals surface area contributed by atoms with Crippen LogP contribution in [0, 0.1) is 12.8 Å². The average Bonchev–Trinajstić information content (AvgIpc) is 3.27. The predicted molar refractivity (Wildman–Crippen MR) is 137 cm³/mol. The summed E-state index contributed by atoms with van der Waals surface area (Å²) < 4.78 is 13.4. The molecule has 4 rings (SSSR count). The molecule has 1 aromatic carbocycles. The van der Waals surface area contributed by atoms with Gasteiger partial charge in [0, 0.05) is 38.8 Å². The molecule has 11 nitrogen and oxygen atoms in total. The third-order valence-electron chi connectivity index (χ3n) is 6.33. The number of aliphatic hydroxyl groups excluding tert-OH is 1. The fourth-order valence-electron chi connectivity index (χ4n) is 4.16. The number of ether oxygens (including phenoxy) is 2. The van der Waals surface area contributed by atoms with Gasteiger partial charge in [-0.2, -0.15) is 0 Å². The van der Waals surface area contributed by atoms with Crippen molar-refractivity contribution in [2.75, 3.05) is 57.9 Å². The van der Waals surface area contributed by atoms with Gasteiger partial charge in [-0.3, -0.25) is 14.1 Å². The summed E-state index contributed by atoms with van der Waals surface area (Å²) >= 11 is 0. The van der Waals surface area contributed by atoms with Crippen LogP contribution >= 0.6 is 0 Å². The molecule has 1 fully saturated rings. The molecule has 0 aliphatic carbocycles. The van der Waals surface area contributed by atoms with Crippen molar-refractivity contribution < 1.29 is 19.4 Å². The third-order valence-corrected chi connectivity index (χ3v) is 6.33. The molecule has 0 bridgehead atoms. The number of carbonyl (C=O) groups is 1. The Balaban J connectivity index is 1.36. The van der Waals surface area contributed by atoms with Crippen molar-refractivity contribution in [2.24, 2.45) is 5.92 Å². The zero-order valence-corrected chi connectivity index (χ0v) is 21.4. The van der Waals surface area contributed by atoms with E-state index in [0.717, 1.165) is 68.3 Å². The van der Waals surface area contributed by atoms with Crippen LogP contribution in [0.3, 0.4) is 0 Å². The number of carbonyl (C=O) groups excluding carboxylic acids is 1. The van der Waals surface area contributed by atoms with E-state index in [2.05, 4.69) is 25.7 Å². The normalized spacial score (nSPS) is 15.5. The first kappa shape index (κ1) is 26.1. The van der Waals surface area contributed by atoms with E-state index in [1.165, 1.54) is 0 Å². The molecule has 1 aliphatic heterocycles. The summed E-state index contributed by atoms with van der Waals surface area (Å²) in [6, 6.07) is 5.90. The maximum absolute atomic E-state index is 11.9. The van der Waals surface area contributed by atoms with Gasteiger partial charge in [-0.25, -0.2) is 4.98 Å². The Bertz CT molecular complexity index is 1160. The maximum atomic E-state index is 11.9. The van der Waals surface area contributed by atoms with Gasteiger partial charge in [0.1, 0.15) is 24.3 Å². The zero-order valence-electron chi connectivity index (χ0n) is 21.4. The van der Waals surface area contributed by atoms with Crippen LogP contribution in [0.5, 0.6) is 5.75 Å². The molecule has 0 unspecified atom stereocenters. The van der Waals surface area contributed by atoms with Crippen LogP contribution in [-0.4, -0.2) is 94.1 Å². The highest BCUT2D eigenvalue weighted by molar-refractivity contribution is 5.84. The van der Waals surface area contributed by atoms with Gasteiger partial charge < -0.3 is 25.2 Å². The van der Waals surface area contributed by atoms with E-state index in [-0.39, 0.29) is 11.8 Å². The lowest BCUT2D eigenvalue weighted by molar-refractivity contribution is -0.131. The number of aryl methyl sites for hydroxylation is 1. The summed E-state index contributed by atoms with van der Waals surface area (Å²) in [5.74, 6) is 1.80. The number of hydrogen-bond donors (Lipinski definition) is 3. The second kappa shape index (κ2) is 12.3. The Hall–Kier alpha value is -3.02. The standard InChI is InChI=1S/C25H37N7O4/c1-17(2)22(33)25(34)27-9-5-4-8-26-23-24-30-29-18(3)32(24)21-7-6-19(16-20(21)28-23)36-15-12-31-10-13-35-14-11-31/h6-7,16-17,22,33H,4-5,8-15H2,1-3H3,(H,26,28)(H,27,34)/t22-/m0/s1. The van der Waals surface area contributed by atoms with E-state index in [4.69, 9.17) is 14.5 Å². The van der Waals surface area contributed by atoms with Crippen molar-refractivity contribution >= 4 is 28.4 Å². The Kier molecular flexibility index (Phi) is 8.89. The quantitative estimate of drug-likeness (QED) is 0.319. The molecule has 0 saturated carbocycles. The van der Waals surface area contributed by atoms with Gasteiger partial charge in [0.25, 0.3) is 0 Å². The summed E-state index contributed by atoms with van der Waals surface area (Å²) in [6.45, 7) is 11.6. The first-order valence-electron chi connectivity index (χ1n) is 12.7. The van der Waals surface area contributed by atoms with Gasteiger partial charge in [0.15, 0.2) is 5.82 Å². The molecular formula is C25H37N7O4. The van der Waals surface area contributed by atoms with Gasteiger partial charge in [-0.1, -0.05) is 13.8 Å². The van der Waals surface area contributed by atoms with E-state index in [1.807, 2.05) is 43.4 Å². The highest BCUT2D eigenvalue weighted by atomic mass is 16.5. The lowest BCUT2D eigenvalue weighted by atomic mass is 10.1. The SMILES string of the molecule is Cc1nnc2c(NCCCCNC(=O)[C@@H](O)C(C)C)nc3cc(OCCN4CCOCC4)ccc3n12. The maximum Gasteiger partial charge on any atom is 0.249 e. The summed E-state index contributed by atoms with van der Waals surface area (Å²) in [4.78, 5) is 19.0. The van der Waals surface area contributed by atoms with Crippen LogP contribution < -0.4 is 15.4 Å². The Morgan fingerprint density at radius 1 is 1.19 bits per heavy atom.